The number of primary amides is 1. The van der Waals surface area contributed by atoms with E-state index >= 15 is 0 Å². The third-order valence-electron chi connectivity index (χ3n) is 6.64. The summed E-state index contributed by atoms with van der Waals surface area (Å²) >= 11 is 0. The molecule has 250 valence electrons. The molecule has 9 N–H and O–H groups in total. The second-order valence-electron chi connectivity index (χ2n) is 9.74. The van der Waals surface area contributed by atoms with Gasteiger partial charge in [-0.2, -0.15) is 9.50 Å². The van der Waals surface area contributed by atoms with Crippen LogP contribution in [-0.2, 0) is 11.3 Å². The summed E-state index contributed by atoms with van der Waals surface area (Å²) in [6.07, 6.45) is 0. The third kappa shape index (κ3) is 7.57. The highest BCUT2D eigenvalue weighted by Gasteiger charge is 2.22. The van der Waals surface area contributed by atoms with Gasteiger partial charge in [-0.1, -0.05) is 18.2 Å². The van der Waals surface area contributed by atoms with Gasteiger partial charge in [0.05, 0.1) is 24.4 Å². The molecule has 2 amide bonds. The van der Waals surface area contributed by atoms with Crippen molar-refractivity contribution in [1.82, 2.24) is 24.9 Å². The molecule has 48 heavy (non-hydrogen) atoms. The first-order valence-corrected chi connectivity index (χ1v) is 13.4. The van der Waals surface area contributed by atoms with Crippen molar-refractivity contribution in [1.29, 1.82) is 0 Å². The Labute approximate surface area is 275 Å². The summed E-state index contributed by atoms with van der Waals surface area (Å²) < 4.78 is 18.9. The van der Waals surface area contributed by atoms with Crippen molar-refractivity contribution in [2.24, 2.45) is 11.5 Å². The molecule has 0 fully saturated rings. The Morgan fingerprint density at radius 1 is 1.04 bits per heavy atom. The van der Waals surface area contributed by atoms with Gasteiger partial charge in [0.15, 0.2) is 5.69 Å². The Morgan fingerprint density at radius 2 is 1.71 bits per heavy atom. The van der Waals surface area contributed by atoms with E-state index in [4.69, 9.17) is 17.2 Å². The Bertz CT molecular complexity index is 2110. The molecule has 5 rings (SSSR count). The number of aromatic carboxylic acids is 1. The fourth-order valence-corrected chi connectivity index (χ4v) is 4.08. The van der Waals surface area contributed by atoms with Crippen LogP contribution in [0.3, 0.4) is 0 Å². The van der Waals surface area contributed by atoms with Crippen molar-refractivity contribution >= 4 is 59.0 Å². The average molecular weight is 684 g/mol. The summed E-state index contributed by atoms with van der Waals surface area (Å²) in [5, 5.41) is 18.3. The molecule has 0 unspecified atom stereocenters. The van der Waals surface area contributed by atoms with Crippen molar-refractivity contribution in [2.75, 3.05) is 18.2 Å². The van der Waals surface area contributed by atoms with E-state index in [0.717, 1.165) is 10.6 Å². The second-order valence-corrected chi connectivity index (χ2v) is 9.74. The van der Waals surface area contributed by atoms with Gasteiger partial charge in [-0.15, -0.1) is 17.5 Å². The number of amides is 2. The first-order chi connectivity index (χ1) is 22.2. The number of nitrogens with one attached hydrogen (secondary N) is 2. The van der Waals surface area contributed by atoms with E-state index in [9.17, 15) is 38.3 Å². The minimum absolute atomic E-state index is 0. The molecule has 0 saturated carbocycles. The normalized spacial score (nSPS) is 11.1. The molecule has 0 spiro atoms. The molecular formula is C29H27ClFN9O8. The van der Waals surface area contributed by atoms with Crippen LogP contribution in [0.4, 0.5) is 21.5 Å². The standard InChI is InChI=1S/C18H16N6O6.C11H10FN3O2.ClH/c1-8(9-3-5-10(6-4-9)17(29)30-2)20-15(26)11-7-12(16(27)28)24-18(21-11)22-14(23-24)13(19)25;12-6-2-1-5(4-13)3-7(6)15-9-8(14)10(16)11(9)17;/h3-8H,1-2H3,(H2,19,25)(H,20,26)(H,27,28);1-3,15H,4,13-14H2;1H/t8-;;/m0../s1. The Hall–Kier alpha value is -6.27. The van der Waals surface area contributed by atoms with Gasteiger partial charge in [0.1, 0.15) is 22.9 Å². The summed E-state index contributed by atoms with van der Waals surface area (Å²) in [7, 11) is 1.27. The van der Waals surface area contributed by atoms with Gasteiger partial charge in [-0.25, -0.2) is 19.0 Å². The second kappa shape index (κ2) is 14.9. The number of hydrogen-bond donors (Lipinski definition) is 6. The van der Waals surface area contributed by atoms with E-state index in [0.29, 0.717) is 16.7 Å². The molecule has 0 radical (unpaired) electrons. The topological polar surface area (TPSA) is 277 Å². The van der Waals surface area contributed by atoms with Crippen LogP contribution in [0.25, 0.3) is 5.78 Å². The predicted molar refractivity (Wildman–Crippen MR) is 171 cm³/mol. The highest BCUT2D eigenvalue weighted by molar-refractivity contribution is 5.96. The number of carbonyl (C=O) groups is 4. The Morgan fingerprint density at radius 3 is 2.27 bits per heavy atom. The number of esters is 1. The minimum atomic E-state index is -1.40. The molecule has 1 atom stereocenters. The zero-order valence-electron chi connectivity index (χ0n) is 25.0. The van der Waals surface area contributed by atoms with E-state index in [1.807, 2.05) is 0 Å². The van der Waals surface area contributed by atoms with Crippen molar-refractivity contribution in [3.05, 3.63) is 109 Å². The number of carboxylic acid groups (broad SMARTS) is 1. The SMILES string of the molecule is COC(=O)c1ccc([C@H](C)NC(=O)c2cc(C(=O)O)n3nc(C(N)=O)nc3n2)cc1.Cl.NCc1ccc(F)c(Nc2c(N)c(=O)c2=O)c1. The molecular weight excluding hydrogens is 657 g/mol. The lowest BCUT2D eigenvalue weighted by Crippen LogP contribution is -2.36. The molecule has 2 aromatic heterocycles. The number of nitrogens with zero attached hydrogens (tertiary/aromatic N) is 4. The fourth-order valence-electron chi connectivity index (χ4n) is 4.08. The lowest BCUT2D eigenvalue weighted by molar-refractivity contribution is 0.0599. The monoisotopic (exact) mass is 683 g/mol. The number of nitrogens with two attached hydrogens (primary N) is 3. The van der Waals surface area contributed by atoms with Gasteiger partial charge in [0, 0.05) is 12.6 Å². The lowest BCUT2D eigenvalue weighted by atomic mass is 10.1. The number of carboxylic acids is 1. The number of ether oxygens (including phenoxy) is 1. The fraction of sp³-hybridized carbons (Fsp3) is 0.138. The van der Waals surface area contributed by atoms with E-state index in [1.54, 1.807) is 31.2 Å². The van der Waals surface area contributed by atoms with Crippen molar-refractivity contribution in [3.63, 3.8) is 0 Å². The van der Waals surface area contributed by atoms with Crippen LogP contribution < -0.4 is 38.7 Å². The van der Waals surface area contributed by atoms with Crippen LogP contribution >= 0.6 is 12.4 Å². The molecule has 19 heteroatoms. The number of anilines is 3. The number of benzene rings is 2. The Kier molecular flexibility index (Phi) is 11.2. The third-order valence-corrected chi connectivity index (χ3v) is 6.64. The summed E-state index contributed by atoms with van der Waals surface area (Å²) in [6, 6.07) is 11.1. The maximum atomic E-state index is 13.4. The van der Waals surface area contributed by atoms with Crippen LogP contribution in [0.1, 0.15) is 66.0 Å². The van der Waals surface area contributed by atoms with Crippen molar-refractivity contribution < 1.29 is 33.4 Å². The number of rotatable bonds is 9. The number of aromatic nitrogens is 4. The van der Waals surface area contributed by atoms with E-state index in [2.05, 4.69) is 30.4 Å². The van der Waals surface area contributed by atoms with Crippen LogP contribution in [0.5, 0.6) is 0 Å². The van der Waals surface area contributed by atoms with Crippen LogP contribution in [-0.4, -0.2) is 55.6 Å². The average Bonchev–Trinajstić information content (AvgIpc) is 3.51. The summed E-state index contributed by atoms with van der Waals surface area (Å²) in [5.41, 5.74) is 15.3. The Balaban J connectivity index is 0.000000295. The molecule has 0 aliphatic heterocycles. The molecule has 0 aliphatic carbocycles. The van der Waals surface area contributed by atoms with Crippen LogP contribution in [0.15, 0.2) is 58.1 Å². The minimum Gasteiger partial charge on any atom is -0.477 e. The number of nitrogen functional groups attached to an aromatic ring is 1. The zero-order valence-corrected chi connectivity index (χ0v) is 25.8. The number of fused-ring (bicyclic) bond motifs is 1. The van der Waals surface area contributed by atoms with Gasteiger partial charge < -0.3 is 37.7 Å². The van der Waals surface area contributed by atoms with Gasteiger partial charge in [0.2, 0.25) is 5.82 Å². The van der Waals surface area contributed by atoms with Gasteiger partial charge in [-0.05, 0) is 42.3 Å². The summed E-state index contributed by atoms with van der Waals surface area (Å²) in [6.45, 7) is 1.94. The highest BCUT2D eigenvalue weighted by Crippen LogP contribution is 2.22. The molecule has 2 heterocycles. The van der Waals surface area contributed by atoms with Gasteiger partial charge in [0.25, 0.3) is 28.4 Å². The summed E-state index contributed by atoms with van der Waals surface area (Å²) in [5.74, 6) is -4.76. The van der Waals surface area contributed by atoms with Crippen LogP contribution in [0.2, 0.25) is 0 Å². The first-order valence-electron chi connectivity index (χ1n) is 13.4. The van der Waals surface area contributed by atoms with E-state index in [1.165, 1.54) is 25.3 Å². The lowest BCUT2D eigenvalue weighted by Gasteiger charge is -2.14. The first kappa shape index (κ1) is 36.2. The molecule has 0 saturated heterocycles. The van der Waals surface area contributed by atoms with Crippen molar-refractivity contribution in [3.8, 4) is 0 Å². The zero-order chi connectivity index (χ0) is 34.6. The largest absolute Gasteiger partial charge is 0.477 e. The number of halogens is 2. The number of carbonyl (C=O) groups excluding carboxylic acids is 3. The van der Waals surface area contributed by atoms with E-state index in [-0.39, 0.29) is 47.5 Å². The molecule has 0 bridgehead atoms. The number of methoxy groups -OCH3 is 1. The smallest absolute Gasteiger partial charge is 0.354 e. The maximum absolute atomic E-state index is 13.4. The molecule has 5 aromatic rings. The van der Waals surface area contributed by atoms with E-state index < -0.39 is 58.0 Å². The summed E-state index contributed by atoms with van der Waals surface area (Å²) in [4.78, 5) is 76.6. The van der Waals surface area contributed by atoms with Crippen molar-refractivity contribution in [2.45, 2.75) is 19.5 Å². The molecule has 0 aliphatic rings. The van der Waals surface area contributed by atoms with Crippen LogP contribution in [0, 0.1) is 5.82 Å². The quantitative estimate of drug-likeness (QED) is 0.0927. The highest BCUT2D eigenvalue weighted by atomic mass is 35.5. The maximum Gasteiger partial charge on any atom is 0.354 e. The van der Waals surface area contributed by atoms with Gasteiger partial charge in [-0.3, -0.25) is 19.2 Å². The molecule has 17 nitrogen and oxygen atoms in total. The number of hydrogen-bond acceptors (Lipinski definition) is 13. The molecule has 3 aromatic carbocycles. The predicted octanol–water partition coefficient (Wildman–Crippen LogP) is 0.827. The van der Waals surface area contributed by atoms with Gasteiger partial charge >= 0.3 is 11.9 Å².